The second-order valence-corrected chi connectivity index (χ2v) is 8.79. The number of rotatable bonds is 4. The Balaban J connectivity index is 1.47. The molecule has 0 saturated heterocycles. The number of amidine groups is 1. The van der Waals surface area contributed by atoms with Crippen molar-refractivity contribution in [2.45, 2.75) is 32.8 Å². The Labute approximate surface area is 201 Å². The van der Waals surface area contributed by atoms with E-state index < -0.39 is 23.6 Å². The third-order valence-corrected chi connectivity index (χ3v) is 6.39. The minimum Gasteiger partial charge on any atom is -0.495 e. The fraction of sp³-hybridized carbons (Fsp3) is 0.308. The lowest BCUT2D eigenvalue weighted by Gasteiger charge is -2.32. The maximum absolute atomic E-state index is 15.8. The van der Waals surface area contributed by atoms with Crippen LogP contribution in [0.15, 0.2) is 53.8 Å². The first kappa shape index (κ1) is 23.0. The van der Waals surface area contributed by atoms with Crippen LogP contribution in [-0.4, -0.2) is 40.5 Å². The molecule has 1 atom stereocenters. The summed E-state index contributed by atoms with van der Waals surface area (Å²) in [6.45, 7) is 4.24. The normalized spacial score (nSPS) is 18.1. The molecule has 3 aromatic rings. The predicted octanol–water partition coefficient (Wildman–Crippen LogP) is 5.64. The van der Waals surface area contributed by atoms with Crippen molar-refractivity contribution < 1.29 is 22.7 Å². The van der Waals surface area contributed by atoms with E-state index in [2.05, 4.69) is 10.1 Å². The molecule has 0 spiro atoms. The number of benzene rings is 2. The molecule has 0 aliphatic carbocycles. The summed E-state index contributed by atoms with van der Waals surface area (Å²) < 4.78 is 50.9. The van der Waals surface area contributed by atoms with Crippen LogP contribution >= 0.6 is 0 Å². The van der Waals surface area contributed by atoms with Crippen LogP contribution in [0.5, 0.6) is 5.75 Å². The van der Waals surface area contributed by atoms with Gasteiger partial charge >= 0.3 is 0 Å². The van der Waals surface area contributed by atoms with E-state index in [-0.39, 0.29) is 17.9 Å². The van der Waals surface area contributed by atoms with Gasteiger partial charge in [-0.25, -0.2) is 18.2 Å². The third-order valence-electron chi connectivity index (χ3n) is 6.39. The number of aryl methyl sites for hydroxylation is 2. The van der Waals surface area contributed by atoms with Crippen molar-refractivity contribution in [2.75, 3.05) is 20.2 Å². The van der Waals surface area contributed by atoms with Crippen molar-refractivity contribution in [2.24, 2.45) is 5.16 Å². The molecule has 9 heteroatoms. The minimum atomic E-state index is -0.939. The van der Waals surface area contributed by atoms with Crippen LogP contribution in [0, 0.1) is 25.5 Å². The highest BCUT2D eigenvalue weighted by Gasteiger charge is 2.32. The highest BCUT2D eigenvalue weighted by Crippen LogP contribution is 2.36. The van der Waals surface area contributed by atoms with Crippen LogP contribution in [0.3, 0.4) is 0 Å². The molecule has 0 amide bonds. The van der Waals surface area contributed by atoms with Crippen molar-refractivity contribution in [1.29, 1.82) is 0 Å². The van der Waals surface area contributed by atoms with Crippen LogP contribution < -0.4 is 4.74 Å². The number of hydrogen-bond acceptors (Lipinski definition) is 5. The van der Waals surface area contributed by atoms with E-state index in [0.717, 1.165) is 17.4 Å². The number of nitrogens with zero attached hydrogens (tertiary/aromatic N) is 4. The van der Waals surface area contributed by atoms with E-state index in [4.69, 9.17) is 9.57 Å². The van der Waals surface area contributed by atoms with Gasteiger partial charge in [-0.05, 0) is 67.7 Å². The fourth-order valence-electron chi connectivity index (χ4n) is 4.57. The maximum Gasteiger partial charge on any atom is 0.204 e. The first-order valence-corrected chi connectivity index (χ1v) is 11.4. The first-order valence-electron chi connectivity index (χ1n) is 11.4. The summed E-state index contributed by atoms with van der Waals surface area (Å²) >= 11 is 0. The lowest BCUT2D eigenvalue weighted by molar-refractivity contribution is 0.0195. The summed E-state index contributed by atoms with van der Waals surface area (Å²) in [7, 11) is 1.57. The van der Waals surface area contributed by atoms with Crippen molar-refractivity contribution >= 4 is 11.4 Å². The van der Waals surface area contributed by atoms with Gasteiger partial charge in [0.15, 0.2) is 23.6 Å². The van der Waals surface area contributed by atoms with E-state index in [1.54, 1.807) is 18.3 Å². The van der Waals surface area contributed by atoms with Crippen LogP contribution in [0.1, 0.15) is 41.3 Å². The van der Waals surface area contributed by atoms with Crippen molar-refractivity contribution in [3.05, 3.63) is 82.7 Å². The van der Waals surface area contributed by atoms with Gasteiger partial charge < -0.3 is 19.0 Å². The van der Waals surface area contributed by atoms with Gasteiger partial charge in [0.1, 0.15) is 5.75 Å². The number of fused-ring (bicyclic) bond motifs is 1. The maximum atomic E-state index is 15.8. The molecule has 0 saturated carbocycles. The molecular weight excluding hydrogens is 457 g/mol. The number of oxime groups is 1. The number of allylic oxidation sites excluding steroid dienone is 1. The van der Waals surface area contributed by atoms with Gasteiger partial charge in [0.05, 0.1) is 31.4 Å². The molecule has 182 valence electrons. The zero-order valence-corrected chi connectivity index (χ0v) is 19.7. The van der Waals surface area contributed by atoms with Gasteiger partial charge in [-0.15, -0.1) is 0 Å². The Morgan fingerprint density at radius 1 is 1.11 bits per heavy atom. The Bertz CT molecular complexity index is 1330. The Morgan fingerprint density at radius 2 is 1.94 bits per heavy atom. The zero-order valence-electron chi connectivity index (χ0n) is 19.7. The van der Waals surface area contributed by atoms with Crippen molar-refractivity contribution in [3.8, 4) is 11.4 Å². The summed E-state index contributed by atoms with van der Waals surface area (Å²) in [6, 6.07) is 8.19. The third kappa shape index (κ3) is 4.26. The molecule has 3 heterocycles. The molecule has 5 rings (SSSR count). The van der Waals surface area contributed by atoms with Gasteiger partial charge in [-0.2, -0.15) is 0 Å². The molecular formula is C26H25F3N4O2. The topological polar surface area (TPSA) is 51.9 Å². The van der Waals surface area contributed by atoms with Gasteiger partial charge in [0, 0.05) is 18.3 Å². The summed E-state index contributed by atoms with van der Waals surface area (Å²) in [5, 5.41) is 4.07. The molecule has 6 nitrogen and oxygen atoms in total. The molecule has 0 radical (unpaired) electrons. The van der Waals surface area contributed by atoms with E-state index in [1.165, 1.54) is 13.0 Å². The van der Waals surface area contributed by atoms with E-state index in [0.29, 0.717) is 41.8 Å². The number of hydrogen-bond donors (Lipinski definition) is 0. The predicted molar refractivity (Wildman–Crippen MR) is 126 cm³/mol. The van der Waals surface area contributed by atoms with Crippen LogP contribution in [-0.2, 0) is 4.84 Å². The Kier molecular flexibility index (Phi) is 6.00. The van der Waals surface area contributed by atoms with Crippen molar-refractivity contribution in [3.63, 3.8) is 0 Å². The number of aromatic nitrogens is 2. The molecule has 2 aromatic carbocycles. The van der Waals surface area contributed by atoms with E-state index in [1.807, 2.05) is 35.9 Å². The molecule has 0 bridgehead atoms. The summed E-state index contributed by atoms with van der Waals surface area (Å²) in [5.41, 5.74) is 3.54. The summed E-state index contributed by atoms with van der Waals surface area (Å²) in [6.07, 6.45) is 4.16. The van der Waals surface area contributed by atoms with Crippen LogP contribution in [0.4, 0.5) is 13.2 Å². The number of ether oxygens (including phenoxy) is 1. The standard InChI is InChI=1S/C26H25F3N4O2/c1-15-9-18(10-20(27)24(15)28)23-13-32-8-4-5-19(25(29)26(32)31-35-23)17-6-7-21(22(11-17)34-3)33-12-16(2)30-14-33/h6-7,9-12,14,23H,4-5,8,13H2,1-3H3. The number of imidazole rings is 1. The average molecular weight is 483 g/mol. The molecule has 2 aliphatic heterocycles. The monoisotopic (exact) mass is 482 g/mol. The number of methoxy groups -OCH3 is 1. The van der Waals surface area contributed by atoms with Crippen molar-refractivity contribution in [1.82, 2.24) is 14.5 Å². The van der Waals surface area contributed by atoms with Crippen LogP contribution in [0.2, 0.25) is 0 Å². The number of halogens is 3. The molecule has 0 N–H and O–H groups in total. The van der Waals surface area contributed by atoms with Gasteiger partial charge in [0.25, 0.3) is 0 Å². The Hall–Kier alpha value is -3.75. The minimum absolute atomic E-state index is 0.112. The van der Waals surface area contributed by atoms with Gasteiger partial charge in [0.2, 0.25) is 5.84 Å². The molecule has 0 fully saturated rings. The van der Waals surface area contributed by atoms with E-state index in [9.17, 15) is 8.78 Å². The lowest BCUT2D eigenvalue weighted by Crippen LogP contribution is -2.39. The second kappa shape index (κ2) is 9.13. The first-order chi connectivity index (χ1) is 16.9. The highest BCUT2D eigenvalue weighted by atomic mass is 19.2. The van der Waals surface area contributed by atoms with Gasteiger partial charge in [-0.3, -0.25) is 0 Å². The average Bonchev–Trinajstić information content (AvgIpc) is 3.22. The molecule has 35 heavy (non-hydrogen) atoms. The molecule has 1 unspecified atom stereocenters. The zero-order chi connectivity index (χ0) is 24.7. The lowest BCUT2D eigenvalue weighted by atomic mass is 9.99. The largest absolute Gasteiger partial charge is 0.495 e. The quantitative estimate of drug-likeness (QED) is 0.483. The van der Waals surface area contributed by atoms with Crippen LogP contribution in [0.25, 0.3) is 11.3 Å². The molecule has 2 aliphatic rings. The van der Waals surface area contributed by atoms with E-state index >= 15 is 4.39 Å². The molecule has 1 aromatic heterocycles. The SMILES string of the molecule is COc1cc(C2=C(F)C3=NOC(c4cc(C)c(F)c(F)c4)CN3CCC2)ccc1-n1cnc(C)c1. The highest BCUT2D eigenvalue weighted by molar-refractivity contribution is 6.03. The summed E-state index contributed by atoms with van der Waals surface area (Å²) in [5.74, 6) is -1.58. The fourth-order valence-corrected chi connectivity index (χ4v) is 4.57. The smallest absolute Gasteiger partial charge is 0.204 e. The second-order valence-electron chi connectivity index (χ2n) is 8.79. The van der Waals surface area contributed by atoms with Gasteiger partial charge in [-0.1, -0.05) is 11.2 Å². The summed E-state index contributed by atoms with van der Waals surface area (Å²) in [4.78, 5) is 11.6. The Morgan fingerprint density at radius 3 is 2.66 bits per heavy atom.